The lowest BCUT2D eigenvalue weighted by atomic mass is 9.96. The number of amides is 1. The quantitative estimate of drug-likeness (QED) is 0.455. The first-order valence-corrected chi connectivity index (χ1v) is 10.9. The van der Waals surface area contributed by atoms with Crippen LogP contribution in [0.25, 0.3) is 0 Å². The minimum atomic E-state index is -0.00991. The zero-order valence-corrected chi connectivity index (χ0v) is 18.9. The van der Waals surface area contributed by atoms with E-state index in [0.29, 0.717) is 22.8 Å². The van der Waals surface area contributed by atoms with Crippen LogP contribution in [0.5, 0.6) is 5.75 Å². The highest BCUT2D eigenvalue weighted by Crippen LogP contribution is 2.24. The van der Waals surface area contributed by atoms with Crippen molar-refractivity contribution >= 4 is 5.91 Å². The fourth-order valence-corrected chi connectivity index (χ4v) is 4.16. The van der Waals surface area contributed by atoms with Gasteiger partial charge in [0.1, 0.15) is 5.75 Å². The smallest absolute Gasteiger partial charge is 0.254 e. The number of piperidine rings is 1. The molecule has 1 aliphatic heterocycles. The number of carbonyl (C=O) groups is 1. The van der Waals surface area contributed by atoms with Crippen molar-refractivity contribution in [3.05, 3.63) is 65.1 Å². The molecule has 0 N–H and O–H groups in total. The number of pyridine rings is 1. The highest BCUT2D eigenvalue weighted by atomic mass is 16.5. The Balaban J connectivity index is 1.66. The van der Waals surface area contributed by atoms with Gasteiger partial charge in [0.25, 0.3) is 5.91 Å². The van der Waals surface area contributed by atoms with Crippen LogP contribution >= 0.6 is 0 Å². The summed E-state index contributed by atoms with van der Waals surface area (Å²) in [4.78, 5) is 19.7. The predicted molar refractivity (Wildman–Crippen MR) is 121 cm³/mol. The number of benzene rings is 1. The number of likely N-dealkylation sites (N-methyl/N-ethyl adjacent to an activating group) is 1. The number of para-hydroxylation sites is 1. The van der Waals surface area contributed by atoms with Gasteiger partial charge in [-0.1, -0.05) is 18.2 Å². The molecule has 7 nitrogen and oxygen atoms in total. The number of rotatable bonds is 9. The first-order valence-electron chi connectivity index (χ1n) is 10.9. The molecule has 0 spiro atoms. The molecule has 0 aliphatic carbocycles. The van der Waals surface area contributed by atoms with Gasteiger partial charge >= 0.3 is 0 Å². The molecule has 1 amide bonds. The summed E-state index contributed by atoms with van der Waals surface area (Å²) in [6.07, 6.45) is 5.00. The van der Waals surface area contributed by atoms with Crippen LogP contribution in [0.4, 0.5) is 0 Å². The van der Waals surface area contributed by atoms with E-state index in [9.17, 15) is 10.0 Å². The maximum absolute atomic E-state index is 13.2. The molecule has 31 heavy (non-hydrogen) atoms. The molecule has 0 bridgehead atoms. The summed E-state index contributed by atoms with van der Waals surface area (Å²) >= 11 is 0. The topological polar surface area (TPSA) is 63.0 Å². The Morgan fingerprint density at radius 2 is 1.94 bits per heavy atom. The van der Waals surface area contributed by atoms with Gasteiger partial charge in [-0.3, -0.25) is 9.69 Å². The molecule has 3 rings (SSSR count). The maximum atomic E-state index is 13.2. The number of aromatic nitrogens is 1. The van der Waals surface area contributed by atoms with E-state index < -0.39 is 0 Å². The van der Waals surface area contributed by atoms with Crippen LogP contribution in [0.15, 0.2) is 48.8 Å². The molecule has 1 atom stereocenters. The van der Waals surface area contributed by atoms with E-state index in [0.717, 1.165) is 51.3 Å². The molecule has 2 heterocycles. The standard InChI is InChI=1S/C24H34N4O3/c1-25(2)15-16-27(24(29)21-10-13-28(30)14-11-21)18-20-7-6-12-26(17-20)19-22-8-4-5-9-23(22)31-3/h4-5,8-11,13-14,20H,6-7,12,15-19H2,1-3H3/t20-/m1/s1. The van der Waals surface area contributed by atoms with Crippen LogP contribution < -0.4 is 9.47 Å². The largest absolute Gasteiger partial charge is 0.619 e. The highest BCUT2D eigenvalue weighted by Gasteiger charge is 2.25. The number of nitrogens with zero attached hydrogens (tertiary/aromatic N) is 4. The number of ether oxygens (including phenoxy) is 1. The molecule has 7 heteroatoms. The van der Waals surface area contributed by atoms with Crippen LogP contribution in [0, 0.1) is 11.1 Å². The van der Waals surface area contributed by atoms with Gasteiger partial charge < -0.3 is 19.7 Å². The average Bonchev–Trinajstić information content (AvgIpc) is 2.77. The van der Waals surface area contributed by atoms with Gasteiger partial charge in [-0.25, -0.2) is 0 Å². The Hall–Kier alpha value is -2.64. The second-order valence-corrected chi connectivity index (χ2v) is 8.56. The van der Waals surface area contributed by atoms with Crippen LogP contribution in [0.1, 0.15) is 28.8 Å². The van der Waals surface area contributed by atoms with Crippen LogP contribution in [0.2, 0.25) is 0 Å². The Morgan fingerprint density at radius 1 is 1.19 bits per heavy atom. The Morgan fingerprint density at radius 3 is 2.65 bits per heavy atom. The third kappa shape index (κ3) is 6.67. The van der Waals surface area contributed by atoms with E-state index in [4.69, 9.17) is 4.74 Å². The molecule has 0 radical (unpaired) electrons. The van der Waals surface area contributed by atoms with Crippen LogP contribution in [-0.4, -0.2) is 74.5 Å². The molecule has 1 fully saturated rings. The molecule has 1 saturated heterocycles. The van der Waals surface area contributed by atoms with Crippen LogP contribution in [-0.2, 0) is 6.54 Å². The third-order valence-corrected chi connectivity index (χ3v) is 5.82. The van der Waals surface area contributed by atoms with Crippen molar-refractivity contribution in [2.24, 2.45) is 5.92 Å². The van der Waals surface area contributed by atoms with Crippen molar-refractivity contribution in [1.29, 1.82) is 0 Å². The summed E-state index contributed by atoms with van der Waals surface area (Å²) in [7, 11) is 5.74. The lowest BCUT2D eigenvalue weighted by molar-refractivity contribution is -0.605. The zero-order chi connectivity index (χ0) is 22.2. The van der Waals surface area contributed by atoms with E-state index in [1.54, 1.807) is 19.2 Å². The number of carbonyl (C=O) groups excluding carboxylic acids is 1. The monoisotopic (exact) mass is 426 g/mol. The Bertz CT molecular complexity index is 841. The summed E-state index contributed by atoms with van der Waals surface area (Å²) in [5.41, 5.74) is 1.76. The molecular formula is C24H34N4O3. The third-order valence-electron chi connectivity index (χ3n) is 5.82. The van der Waals surface area contributed by atoms with Gasteiger partial charge in [0.2, 0.25) is 0 Å². The number of likely N-dealkylation sites (tertiary alicyclic amines) is 1. The van der Waals surface area contributed by atoms with Crippen molar-refractivity contribution in [1.82, 2.24) is 14.7 Å². The maximum Gasteiger partial charge on any atom is 0.254 e. The van der Waals surface area contributed by atoms with Crippen molar-refractivity contribution in [3.63, 3.8) is 0 Å². The highest BCUT2D eigenvalue weighted by molar-refractivity contribution is 5.94. The predicted octanol–water partition coefficient (Wildman–Crippen LogP) is 2.24. The number of hydrogen-bond donors (Lipinski definition) is 0. The molecule has 0 unspecified atom stereocenters. The van der Waals surface area contributed by atoms with Gasteiger partial charge in [-0.15, -0.1) is 0 Å². The zero-order valence-electron chi connectivity index (χ0n) is 18.9. The summed E-state index contributed by atoms with van der Waals surface area (Å²) in [6.45, 7) is 5.07. The second-order valence-electron chi connectivity index (χ2n) is 8.56. The van der Waals surface area contributed by atoms with Crippen molar-refractivity contribution in [3.8, 4) is 5.75 Å². The molecule has 0 saturated carbocycles. The van der Waals surface area contributed by atoms with Gasteiger partial charge in [-0.2, -0.15) is 4.73 Å². The second kappa shape index (κ2) is 11.1. The van der Waals surface area contributed by atoms with E-state index in [1.165, 1.54) is 18.0 Å². The summed E-state index contributed by atoms with van der Waals surface area (Å²) in [6, 6.07) is 11.4. The SMILES string of the molecule is COc1ccccc1CN1CCC[C@@H](CN(CCN(C)C)C(=O)c2cc[n+]([O-])cc2)C1. The summed E-state index contributed by atoms with van der Waals surface area (Å²) in [5, 5.41) is 11.3. The normalized spacial score (nSPS) is 17.0. The summed E-state index contributed by atoms with van der Waals surface area (Å²) in [5.74, 6) is 1.33. The molecular weight excluding hydrogens is 392 g/mol. The first kappa shape index (κ1) is 23.0. The first-order chi connectivity index (χ1) is 15.0. The Labute approximate surface area is 185 Å². The van der Waals surface area contributed by atoms with Crippen LogP contribution in [0.3, 0.4) is 0 Å². The Kier molecular flexibility index (Phi) is 8.26. The van der Waals surface area contributed by atoms with E-state index in [-0.39, 0.29) is 5.91 Å². The number of hydrogen-bond acceptors (Lipinski definition) is 5. The average molecular weight is 427 g/mol. The fraction of sp³-hybridized carbons (Fsp3) is 0.500. The van der Waals surface area contributed by atoms with Gasteiger partial charge in [0.15, 0.2) is 12.4 Å². The summed E-state index contributed by atoms with van der Waals surface area (Å²) < 4.78 is 6.22. The minimum absolute atomic E-state index is 0.00991. The van der Waals surface area contributed by atoms with Gasteiger partial charge in [-0.05, 0) is 45.5 Å². The number of methoxy groups -OCH3 is 1. The lowest BCUT2D eigenvalue weighted by Crippen LogP contribution is -2.44. The van der Waals surface area contributed by atoms with Gasteiger partial charge in [0, 0.05) is 50.4 Å². The van der Waals surface area contributed by atoms with Crippen molar-refractivity contribution < 1.29 is 14.3 Å². The fourth-order valence-electron chi connectivity index (χ4n) is 4.16. The van der Waals surface area contributed by atoms with Gasteiger partial charge in [0.05, 0.1) is 12.7 Å². The van der Waals surface area contributed by atoms with E-state index >= 15 is 0 Å². The van der Waals surface area contributed by atoms with Crippen molar-refractivity contribution in [2.75, 3.05) is 53.9 Å². The molecule has 168 valence electrons. The molecule has 1 aromatic heterocycles. The van der Waals surface area contributed by atoms with Crippen molar-refractivity contribution in [2.45, 2.75) is 19.4 Å². The van der Waals surface area contributed by atoms with E-state index in [1.807, 2.05) is 37.2 Å². The molecule has 1 aliphatic rings. The molecule has 2 aromatic rings. The molecule has 1 aromatic carbocycles. The van der Waals surface area contributed by atoms with E-state index in [2.05, 4.69) is 15.9 Å². The lowest BCUT2D eigenvalue weighted by Gasteiger charge is -2.36. The minimum Gasteiger partial charge on any atom is -0.619 e.